The third-order valence-corrected chi connectivity index (χ3v) is 3.90. The van der Waals surface area contributed by atoms with Crippen molar-refractivity contribution in [1.29, 1.82) is 0 Å². The molecule has 2 rings (SSSR count). The van der Waals surface area contributed by atoms with Crippen molar-refractivity contribution in [1.82, 2.24) is 4.90 Å². The first-order chi connectivity index (χ1) is 8.97. The Morgan fingerprint density at radius 1 is 1.42 bits per heavy atom. The molecule has 0 saturated carbocycles. The van der Waals surface area contributed by atoms with Gasteiger partial charge in [0.15, 0.2) is 5.12 Å². The smallest absolute Gasteiger partial charge is 0.224 e. The van der Waals surface area contributed by atoms with Gasteiger partial charge >= 0.3 is 0 Å². The van der Waals surface area contributed by atoms with Crippen LogP contribution in [-0.2, 0) is 16.1 Å². The molecule has 0 radical (unpaired) electrons. The van der Waals surface area contributed by atoms with Crippen molar-refractivity contribution in [2.75, 3.05) is 6.54 Å². The highest BCUT2D eigenvalue weighted by atomic mass is 32.2. The third-order valence-electron chi connectivity index (χ3n) is 2.92. The normalized spacial score (nSPS) is 19.0. The number of carbonyl (C=O) groups is 2. The van der Waals surface area contributed by atoms with Crippen molar-refractivity contribution >= 4 is 22.8 Å². The van der Waals surface area contributed by atoms with Crippen LogP contribution in [0.2, 0.25) is 0 Å². The molecule has 1 saturated heterocycles. The van der Waals surface area contributed by atoms with Crippen LogP contribution in [-0.4, -0.2) is 27.7 Å². The number of benzene rings is 1. The van der Waals surface area contributed by atoms with Gasteiger partial charge in [0.05, 0.1) is 6.54 Å². The van der Waals surface area contributed by atoms with Gasteiger partial charge in [0.25, 0.3) is 0 Å². The van der Waals surface area contributed by atoms with E-state index in [-0.39, 0.29) is 34.8 Å². The van der Waals surface area contributed by atoms with Gasteiger partial charge in [-0.05, 0) is 12.1 Å². The summed E-state index contributed by atoms with van der Waals surface area (Å²) in [5, 5.41) is -0.184. The summed E-state index contributed by atoms with van der Waals surface area (Å²) in [6, 6.07) is 3.62. The van der Waals surface area contributed by atoms with Crippen molar-refractivity contribution < 1.29 is 18.4 Å². The summed E-state index contributed by atoms with van der Waals surface area (Å²) in [5.74, 6) is -1.49. The van der Waals surface area contributed by atoms with Crippen LogP contribution in [0.5, 0.6) is 0 Å². The molecule has 0 aromatic heterocycles. The Balaban J connectivity index is 2.08. The molecule has 0 aliphatic carbocycles. The Labute approximate surface area is 114 Å². The van der Waals surface area contributed by atoms with Crippen LogP contribution in [0.25, 0.3) is 0 Å². The van der Waals surface area contributed by atoms with Crippen LogP contribution in [0.4, 0.5) is 8.78 Å². The number of hydrogen-bond acceptors (Lipinski definition) is 3. The molecule has 1 aromatic rings. The second-order valence-corrected chi connectivity index (χ2v) is 5.89. The number of carbonyl (C=O) groups excluding carboxylic acids is 2. The number of halogens is 2. The van der Waals surface area contributed by atoms with Gasteiger partial charge in [-0.15, -0.1) is 0 Å². The predicted octanol–water partition coefficient (Wildman–Crippen LogP) is 2.35. The fraction of sp³-hybridized carbons (Fsp3) is 0.385. The summed E-state index contributed by atoms with van der Waals surface area (Å²) >= 11 is 1.10. The third kappa shape index (κ3) is 3.32. The van der Waals surface area contributed by atoms with Gasteiger partial charge in [0, 0.05) is 30.7 Å². The highest BCUT2D eigenvalue weighted by molar-refractivity contribution is 8.14. The zero-order valence-corrected chi connectivity index (χ0v) is 11.2. The van der Waals surface area contributed by atoms with Crippen LogP contribution in [0, 0.1) is 11.6 Å². The summed E-state index contributed by atoms with van der Waals surface area (Å²) < 4.78 is 27.0. The summed E-state index contributed by atoms with van der Waals surface area (Å²) in [4.78, 5) is 24.1. The van der Waals surface area contributed by atoms with Crippen LogP contribution >= 0.6 is 11.8 Å². The Morgan fingerprint density at radius 2 is 2.05 bits per heavy atom. The molecule has 1 heterocycles. The molecule has 1 unspecified atom stereocenters. The van der Waals surface area contributed by atoms with E-state index in [4.69, 9.17) is 0 Å². The quantitative estimate of drug-likeness (QED) is 0.855. The van der Waals surface area contributed by atoms with Crippen LogP contribution in [0.3, 0.4) is 0 Å². The molecule has 1 aliphatic rings. The van der Waals surface area contributed by atoms with Crippen molar-refractivity contribution in [3.05, 3.63) is 35.4 Å². The summed E-state index contributed by atoms with van der Waals surface area (Å²) in [6.45, 7) is 1.69. The number of nitrogens with zero attached hydrogens (tertiary/aromatic N) is 1. The average Bonchev–Trinajstić information content (AvgIpc) is 2.63. The Kier molecular flexibility index (Phi) is 4.19. The van der Waals surface area contributed by atoms with Gasteiger partial charge in [-0.25, -0.2) is 8.78 Å². The first-order valence-electron chi connectivity index (χ1n) is 5.85. The van der Waals surface area contributed by atoms with E-state index in [2.05, 4.69) is 0 Å². The maximum absolute atomic E-state index is 13.5. The number of hydrogen-bond donors (Lipinski definition) is 0. The Bertz CT molecular complexity index is 501. The van der Waals surface area contributed by atoms with E-state index < -0.39 is 11.6 Å². The van der Waals surface area contributed by atoms with Gasteiger partial charge in [-0.3, -0.25) is 9.59 Å². The molecule has 1 atom stereocenters. The molecule has 0 bridgehead atoms. The molecule has 3 nitrogen and oxygen atoms in total. The van der Waals surface area contributed by atoms with Crippen molar-refractivity contribution in [3.63, 3.8) is 0 Å². The molecule has 19 heavy (non-hydrogen) atoms. The lowest BCUT2D eigenvalue weighted by Gasteiger charge is -2.17. The van der Waals surface area contributed by atoms with Gasteiger partial charge in [-0.1, -0.05) is 17.8 Å². The minimum absolute atomic E-state index is 0.0586. The summed E-state index contributed by atoms with van der Waals surface area (Å²) in [6.07, 6.45) is 0.236. The summed E-state index contributed by atoms with van der Waals surface area (Å²) in [7, 11) is 0. The van der Waals surface area contributed by atoms with Gasteiger partial charge < -0.3 is 4.90 Å². The minimum atomic E-state index is -0.657. The van der Waals surface area contributed by atoms with Gasteiger partial charge in [0.2, 0.25) is 5.91 Å². The second-order valence-electron chi connectivity index (χ2n) is 4.41. The number of thioether (sulfide) groups is 1. The molecule has 1 aromatic carbocycles. The number of rotatable bonds is 3. The lowest BCUT2D eigenvalue weighted by atomic mass is 10.2. The fourth-order valence-corrected chi connectivity index (χ4v) is 3.03. The van der Waals surface area contributed by atoms with Crippen LogP contribution in [0.1, 0.15) is 18.9 Å². The molecule has 0 N–H and O–H groups in total. The molecular formula is C13H13F2NO2S. The zero-order valence-electron chi connectivity index (χ0n) is 10.4. The van der Waals surface area contributed by atoms with Crippen LogP contribution < -0.4 is 0 Å². The molecule has 1 aliphatic heterocycles. The maximum atomic E-state index is 13.5. The lowest BCUT2D eigenvalue weighted by molar-refractivity contribution is -0.128. The van der Waals surface area contributed by atoms with E-state index >= 15 is 0 Å². The fourth-order valence-electron chi connectivity index (χ4n) is 2.08. The SMILES string of the molecule is CC(=O)SC1CC(=O)N(Cc2c(F)cccc2F)C1. The molecule has 0 spiro atoms. The minimum Gasteiger partial charge on any atom is -0.337 e. The van der Waals surface area contributed by atoms with Crippen molar-refractivity contribution in [2.45, 2.75) is 25.1 Å². The molecular weight excluding hydrogens is 272 g/mol. The van der Waals surface area contributed by atoms with Crippen molar-refractivity contribution in [2.24, 2.45) is 0 Å². The van der Waals surface area contributed by atoms with E-state index in [1.807, 2.05) is 0 Å². The molecule has 6 heteroatoms. The Morgan fingerprint density at radius 3 is 2.63 bits per heavy atom. The zero-order chi connectivity index (χ0) is 14.0. The molecule has 1 amide bonds. The monoisotopic (exact) mass is 285 g/mol. The maximum Gasteiger partial charge on any atom is 0.224 e. The lowest BCUT2D eigenvalue weighted by Crippen LogP contribution is -2.26. The molecule has 102 valence electrons. The standard InChI is InChI=1S/C13H13F2NO2S/c1-8(17)19-9-5-13(18)16(6-9)7-10-11(14)3-2-4-12(10)15/h2-4,9H,5-7H2,1H3. The molecule has 1 fully saturated rings. The predicted molar refractivity (Wildman–Crippen MR) is 68.5 cm³/mol. The van der Waals surface area contributed by atoms with E-state index in [0.717, 1.165) is 11.8 Å². The number of amides is 1. The van der Waals surface area contributed by atoms with Crippen LogP contribution in [0.15, 0.2) is 18.2 Å². The van der Waals surface area contributed by atoms with E-state index in [1.165, 1.54) is 30.0 Å². The highest BCUT2D eigenvalue weighted by Gasteiger charge is 2.31. The van der Waals surface area contributed by atoms with E-state index in [0.29, 0.717) is 6.54 Å². The Hall–Kier alpha value is -1.43. The first-order valence-corrected chi connectivity index (χ1v) is 6.73. The van der Waals surface area contributed by atoms with Gasteiger partial charge in [-0.2, -0.15) is 0 Å². The largest absolute Gasteiger partial charge is 0.337 e. The average molecular weight is 285 g/mol. The summed E-state index contributed by atoms with van der Waals surface area (Å²) in [5.41, 5.74) is -0.107. The topological polar surface area (TPSA) is 37.4 Å². The first kappa shape index (κ1) is 14.0. The van der Waals surface area contributed by atoms with E-state index in [1.54, 1.807) is 0 Å². The van der Waals surface area contributed by atoms with Gasteiger partial charge in [0.1, 0.15) is 11.6 Å². The van der Waals surface area contributed by atoms with E-state index in [9.17, 15) is 18.4 Å². The highest BCUT2D eigenvalue weighted by Crippen LogP contribution is 2.26. The number of likely N-dealkylation sites (tertiary alicyclic amines) is 1. The second kappa shape index (κ2) is 5.69. The van der Waals surface area contributed by atoms with Crippen molar-refractivity contribution in [3.8, 4) is 0 Å².